The molecule has 0 aliphatic rings. The number of non-ortho nitro benzene ring substituents is 1. The second-order valence-corrected chi connectivity index (χ2v) is 5.19. The molecule has 2 rings (SSSR count). The molecule has 1 aromatic heterocycles. The molecule has 0 amide bonds. The number of rotatable bonds is 3. The molecule has 1 aromatic carbocycles. The molecule has 19 heavy (non-hydrogen) atoms. The lowest BCUT2D eigenvalue weighted by Gasteiger charge is -2.13. The van der Waals surface area contributed by atoms with Crippen LogP contribution in [0.3, 0.4) is 0 Å². The summed E-state index contributed by atoms with van der Waals surface area (Å²) >= 11 is 3.33. The summed E-state index contributed by atoms with van der Waals surface area (Å²) in [4.78, 5) is 14.5. The van der Waals surface area contributed by atoms with Crippen molar-refractivity contribution in [2.75, 3.05) is 0 Å². The lowest BCUT2D eigenvalue weighted by molar-refractivity contribution is -0.385. The van der Waals surface area contributed by atoms with Gasteiger partial charge in [0, 0.05) is 29.0 Å². The van der Waals surface area contributed by atoms with Gasteiger partial charge in [-0.3, -0.25) is 15.1 Å². The molecule has 0 radical (unpaired) electrons. The van der Waals surface area contributed by atoms with Crippen LogP contribution in [-0.4, -0.2) is 9.91 Å². The third-order valence-electron chi connectivity index (χ3n) is 2.74. The molecule has 2 N–H and O–H groups in total. The van der Waals surface area contributed by atoms with Gasteiger partial charge in [-0.25, -0.2) is 0 Å². The Kier molecular flexibility index (Phi) is 3.92. The predicted octanol–water partition coefficient (Wildman–Crippen LogP) is 3.11. The van der Waals surface area contributed by atoms with Gasteiger partial charge >= 0.3 is 0 Å². The number of pyridine rings is 1. The van der Waals surface area contributed by atoms with Gasteiger partial charge in [0.15, 0.2) is 0 Å². The quantitative estimate of drug-likeness (QED) is 0.695. The smallest absolute Gasteiger partial charge is 0.270 e. The van der Waals surface area contributed by atoms with E-state index in [0.717, 1.165) is 15.6 Å². The fourth-order valence-corrected chi connectivity index (χ4v) is 2.25. The van der Waals surface area contributed by atoms with E-state index in [1.807, 2.05) is 19.1 Å². The van der Waals surface area contributed by atoms with Crippen molar-refractivity contribution >= 4 is 21.6 Å². The highest BCUT2D eigenvalue weighted by Gasteiger charge is 2.15. The summed E-state index contributed by atoms with van der Waals surface area (Å²) in [5, 5.41) is 10.9. The molecule has 1 heterocycles. The predicted molar refractivity (Wildman–Crippen MR) is 75.8 cm³/mol. The minimum Gasteiger partial charge on any atom is -0.320 e. The van der Waals surface area contributed by atoms with Crippen LogP contribution in [0, 0.1) is 17.0 Å². The van der Waals surface area contributed by atoms with E-state index in [9.17, 15) is 10.1 Å². The van der Waals surface area contributed by atoms with Crippen LogP contribution < -0.4 is 5.73 Å². The van der Waals surface area contributed by atoms with Crippen molar-refractivity contribution in [2.24, 2.45) is 5.73 Å². The fourth-order valence-electron chi connectivity index (χ4n) is 1.87. The topological polar surface area (TPSA) is 82.0 Å². The lowest BCUT2D eigenvalue weighted by atomic mass is 9.99. The molecular formula is C13H12BrN3O2. The van der Waals surface area contributed by atoms with Gasteiger partial charge in [-0.05, 0) is 45.6 Å². The normalized spacial score (nSPS) is 12.2. The van der Waals surface area contributed by atoms with Crippen LogP contribution in [0.25, 0.3) is 0 Å². The van der Waals surface area contributed by atoms with E-state index in [2.05, 4.69) is 20.9 Å². The fraction of sp³-hybridized carbons (Fsp3) is 0.154. The highest BCUT2D eigenvalue weighted by atomic mass is 79.9. The van der Waals surface area contributed by atoms with Crippen LogP contribution in [0.4, 0.5) is 5.69 Å². The summed E-state index contributed by atoms with van der Waals surface area (Å²) < 4.78 is 0.822. The molecule has 6 heteroatoms. The maximum atomic E-state index is 10.9. The Labute approximate surface area is 118 Å². The molecule has 98 valence electrons. The molecule has 1 unspecified atom stereocenters. The van der Waals surface area contributed by atoms with Crippen LogP contribution in [0.1, 0.15) is 22.7 Å². The van der Waals surface area contributed by atoms with E-state index in [0.29, 0.717) is 5.56 Å². The van der Waals surface area contributed by atoms with Crippen LogP contribution in [-0.2, 0) is 0 Å². The minimum atomic E-state index is -0.441. The van der Waals surface area contributed by atoms with Gasteiger partial charge in [0.25, 0.3) is 5.69 Å². The molecule has 0 fully saturated rings. The van der Waals surface area contributed by atoms with Crippen molar-refractivity contribution in [1.29, 1.82) is 0 Å². The summed E-state index contributed by atoms with van der Waals surface area (Å²) in [6.45, 7) is 1.81. The minimum absolute atomic E-state index is 0.0494. The maximum Gasteiger partial charge on any atom is 0.270 e. The van der Waals surface area contributed by atoms with Gasteiger partial charge in [-0.2, -0.15) is 0 Å². The van der Waals surface area contributed by atoms with Gasteiger partial charge in [0.05, 0.1) is 11.0 Å². The van der Waals surface area contributed by atoms with Crippen LogP contribution >= 0.6 is 15.9 Å². The highest BCUT2D eigenvalue weighted by Crippen LogP contribution is 2.25. The van der Waals surface area contributed by atoms with Gasteiger partial charge in [0.2, 0.25) is 0 Å². The maximum absolute atomic E-state index is 10.9. The van der Waals surface area contributed by atoms with Crippen molar-refractivity contribution in [3.05, 3.63) is 67.9 Å². The summed E-state index contributed by atoms with van der Waals surface area (Å²) in [6, 6.07) is 6.28. The Balaban J connectivity index is 2.43. The molecule has 0 saturated carbocycles. The second-order valence-electron chi connectivity index (χ2n) is 4.27. The summed E-state index contributed by atoms with van der Waals surface area (Å²) in [5.74, 6) is 0. The molecular weight excluding hydrogens is 310 g/mol. The molecule has 0 aliphatic carbocycles. The Morgan fingerprint density at radius 2 is 2.00 bits per heavy atom. The van der Waals surface area contributed by atoms with E-state index >= 15 is 0 Å². The van der Waals surface area contributed by atoms with E-state index in [1.54, 1.807) is 12.4 Å². The van der Waals surface area contributed by atoms with Gasteiger partial charge in [-0.15, -0.1) is 0 Å². The number of hydrogen-bond acceptors (Lipinski definition) is 4. The zero-order valence-corrected chi connectivity index (χ0v) is 11.8. The SMILES string of the molecule is Cc1cc(C(N)c2cncc(Br)c2)cc([N+](=O)[O-])c1. The Morgan fingerprint density at radius 1 is 1.26 bits per heavy atom. The van der Waals surface area contributed by atoms with Crippen LogP contribution in [0.5, 0.6) is 0 Å². The Bertz CT molecular complexity index is 631. The van der Waals surface area contributed by atoms with Crippen LogP contribution in [0.15, 0.2) is 41.1 Å². The van der Waals surface area contributed by atoms with Crippen molar-refractivity contribution in [3.63, 3.8) is 0 Å². The first-order chi connectivity index (χ1) is 8.97. The number of nitrogens with zero attached hydrogens (tertiary/aromatic N) is 2. The Hall–Kier alpha value is -1.79. The zero-order chi connectivity index (χ0) is 14.0. The van der Waals surface area contributed by atoms with E-state index in [1.165, 1.54) is 12.1 Å². The van der Waals surface area contributed by atoms with E-state index in [-0.39, 0.29) is 5.69 Å². The number of nitro groups is 1. The molecule has 2 aromatic rings. The molecule has 0 spiro atoms. The van der Waals surface area contributed by atoms with Crippen molar-refractivity contribution in [2.45, 2.75) is 13.0 Å². The number of hydrogen-bond donors (Lipinski definition) is 1. The molecule has 0 saturated heterocycles. The standard InChI is InChI=1S/C13H12BrN3O2/c1-8-2-9(5-12(3-8)17(18)19)13(15)10-4-11(14)7-16-6-10/h2-7,13H,15H2,1H3. The molecule has 0 bridgehead atoms. The number of benzene rings is 1. The number of aromatic nitrogens is 1. The van der Waals surface area contributed by atoms with E-state index in [4.69, 9.17) is 5.73 Å². The lowest BCUT2D eigenvalue weighted by Crippen LogP contribution is -2.12. The monoisotopic (exact) mass is 321 g/mol. The average molecular weight is 322 g/mol. The first kappa shape index (κ1) is 13.6. The van der Waals surface area contributed by atoms with Crippen molar-refractivity contribution < 1.29 is 4.92 Å². The average Bonchev–Trinajstić information content (AvgIpc) is 2.37. The van der Waals surface area contributed by atoms with Gasteiger partial charge < -0.3 is 5.73 Å². The summed E-state index contributed by atoms with van der Waals surface area (Å²) in [7, 11) is 0. The largest absolute Gasteiger partial charge is 0.320 e. The molecule has 5 nitrogen and oxygen atoms in total. The van der Waals surface area contributed by atoms with Crippen molar-refractivity contribution in [1.82, 2.24) is 4.98 Å². The molecule has 1 atom stereocenters. The van der Waals surface area contributed by atoms with E-state index < -0.39 is 11.0 Å². The van der Waals surface area contributed by atoms with Gasteiger partial charge in [0.1, 0.15) is 0 Å². The van der Waals surface area contributed by atoms with Gasteiger partial charge in [-0.1, -0.05) is 6.07 Å². The number of aryl methyl sites for hydroxylation is 1. The number of nitrogens with two attached hydrogens (primary N) is 1. The first-order valence-electron chi connectivity index (χ1n) is 5.59. The summed E-state index contributed by atoms with van der Waals surface area (Å²) in [5.41, 5.74) is 8.50. The number of halogens is 1. The number of nitro benzene ring substituents is 1. The zero-order valence-electron chi connectivity index (χ0n) is 10.2. The van der Waals surface area contributed by atoms with Crippen LogP contribution in [0.2, 0.25) is 0 Å². The third kappa shape index (κ3) is 3.15. The third-order valence-corrected chi connectivity index (χ3v) is 3.17. The second kappa shape index (κ2) is 5.46. The first-order valence-corrected chi connectivity index (χ1v) is 6.38. The molecule has 0 aliphatic heterocycles. The Morgan fingerprint density at radius 3 is 2.63 bits per heavy atom. The van der Waals surface area contributed by atoms with Crippen molar-refractivity contribution in [3.8, 4) is 0 Å². The summed E-state index contributed by atoms with van der Waals surface area (Å²) in [6.07, 6.45) is 3.32. The highest BCUT2D eigenvalue weighted by molar-refractivity contribution is 9.10.